The first-order chi connectivity index (χ1) is 11.3. The highest BCUT2D eigenvalue weighted by Crippen LogP contribution is 2.14. The Hall–Kier alpha value is -2.18. The van der Waals surface area contributed by atoms with Crippen molar-refractivity contribution in [3.63, 3.8) is 0 Å². The third-order valence-corrected chi connectivity index (χ3v) is 5.50. The van der Waals surface area contributed by atoms with Gasteiger partial charge in [-0.1, -0.05) is 42.0 Å². The van der Waals surface area contributed by atoms with Crippen LogP contribution < -0.4 is 0 Å². The van der Waals surface area contributed by atoms with E-state index < -0.39 is 16.0 Å². The van der Waals surface area contributed by atoms with Crippen molar-refractivity contribution in [1.82, 2.24) is 4.31 Å². The Morgan fingerprint density at radius 1 is 1.00 bits per heavy atom. The lowest BCUT2D eigenvalue weighted by atomic mass is 10.1. The van der Waals surface area contributed by atoms with Gasteiger partial charge in [0.15, 0.2) is 0 Å². The Balaban J connectivity index is 2.06. The van der Waals surface area contributed by atoms with Crippen LogP contribution in [0.25, 0.3) is 0 Å². The number of methoxy groups -OCH3 is 1. The van der Waals surface area contributed by atoms with E-state index in [-0.39, 0.29) is 5.75 Å². The average molecular weight is 347 g/mol. The molecule has 2 aromatic rings. The number of carbonyl (C=O) groups excluding carboxylic acids is 1. The van der Waals surface area contributed by atoms with Crippen molar-refractivity contribution in [2.75, 3.05) is 14.2 Å². The molecule has 0 aromatic heterocycles. The number of rotatable bonds is 6. The van der Waals surface area contributed by atoms with Crippen LogP contribution in [0.4, 0.5) is 0 Å². The van der Waals surface area contributed by atoms with E-state index in [0.29, 0.717) is 17.7 Å². The maximum Gasteiger partial charge on any atom is 0.337 e. The molecule has 0 atom stereocenters. The van der Waals surface area contributed by atoms with Crippen molar-refractivity contribution < 1.29 is 17.9 Å². The molecule has 6 heteroatoms. The second kappa shape index (κ2) is 7.59. The van der Waals surface area contributed by atoms with Crippen LogP contribution in [-0.4, -0.2) is 32.8 Å². The van der Waals surface area contributed by atoms with Gasteiger partial charge in [-0.15, -0.1) is 0 Å². The average Bonchev–Trinajstić information content (AvgIpc) is 2.56. The second-order valence-corrected chi connectivity index (χ2v) is 7.76. The third-order valence-electron chi connectivity index (χ3n) is 3.72. The van der Waals surface area contributed by atoms with Gasteiger partial charge in [0, 0.05) is 13.6 Å². The fraction of sp³-hybridized carbons (Fsp3) is 0.278. The maximum atomic E-state index is 12.5. The first kappa shape index (κ1) is 18.2. The highest BCUT2D eigenvalue weighted by atomic mass is 32.2. The van der Waals surface area contributed by atoms with Gasteiger partial charge >= 0.3 is 5.97 Å². The fourth-order valence-electron chi connectivity index (χ4n) is 2.22. The number of esters is 1. The van der Waals surface area contributed by atoms with Gasteiger partial charge in [0.05, 0.1) is 18.4 Å². The highest BCUT2D eigenvalue weighted by molar-refractivity contribution is 7.88. The summed E-state index contributed by atoms with van der Waals surface area (Å²) >= 11 is 0. The van der Waals surface area contributed by atoms with Crippen LogP contribution in [0.1, 0.15) is 27.0 Å². The van der Waals surface area contributed by atoms with Crippen LogP contribution in [0.5, 0.6) is 0 Å². The molecule has 0 aliphatic rings. The number of hydrogen-bond donors (Lipinski definition) is 0. The summed E-state index contributed by atoms with van der Waals surface area (Å²) in [4.78, 5) is 11.4. The van der Waals surface area contributed by atoms with Crippen molar-refractivity contribution in [3.8, 4) is 0 Å². The molecule has 128 valence electrons. The number of aryl methyl sites for hydroxylation is 1. The normalized spacial score (nSPS) is 11.5. The SMILES string of the molecule is COC(=O)c1ccc(CS(=O)(=O)N(C)Cc2ccc(C)cc2)cc1. The molecule has 0 aliphatic carbocycles. The molecule has 0 spiro atoms. The van der Waals surface area contributed by atoms with Crippen LogP contribution in [0.3, 0.4) is 0 Å². The lowest BCUT2D eigenvalue weighted by Gasteiger charge is -2.17. The van der Waals surface area contributed by atoms with Crippen LogP contribution in [0, 0.1) is 6.92 Å². The number of nitrogens with zero attached hydrogens (tertiary/aromatic N) is 1. The molecular weight excluding hydrogens is 326 g/mol. The van der Waals surface area contributed by atoms with Crippen LogP contribution in [0.2, 0.25) is 0 Å². The summed E-state index contributed by atoms with van der Waals surface area (Å²) in [6, 6.07) is 14.2. The van der Waals surface area contributed by atoms with Gasteiger partial charge in [-0.05, 0) is 30.2 Å². The van der Waals surface area contributed by atoms with E-state index in [1.165, 1.54) is 11.4 Å². The van der Waals surface area contributed by atoms with E-state index >= 15 is 0 Å². The fourth-order valence-corrected chi connectivity index (χ4v) is 3.40. The number of carbonyl (C=O) groups is 1. The van der Waals surface area contributed by atoms with Gasteiger partial charge in [-0.3, -0.25) is 0 Å². The zero-order chi connectivity index (χ0) is 17.7. The summed E-state index contributed by atoms with van der Waals surface area (Å²) in [6.07, 6.45) is 0. The van der Waals surface area contributed by atoms with Gasteiger partial charge in [0.2, 0.25) is 10.0 Å². The summed E-state index contributed by atoms with van der Waals surface area (Å²) in [7, 11) is -0.569. The zero-order valence-corrected chi connectivity index (χ0v) is 14.8. The van der Waals surface area contributed by atoms with E-state index in [0.717, 1.165) is 11.1 Å². The van der Waals surface area contributed by atoms with Crippen molar-refractivity contribution >= 4 is 16.0 Å². The Morgan fingerprint density at radius 3 is 2.08 bits per heavy atom. The van der Waals surface area contributed by atoms with Gasteiger partial charge in [-0.2, -0.15) is 0 Å². The minimum absolute atomic E-state index is 0.114. The molecule has 0 fully saturated rings. The lowest BCUT2D eigenvalue weighted by Crippen LogP contribution is -2.27. The molecule has 0 radical (unpaired) electrons. The monoisotopic (exact) mass is 347 g/mol. The maximum absolute atomic E-state index is 12.5. The van der Waals surface area contributed by atoms with E-state index in [1.807, 2.05) is 31.2 Å². The topological polar surface area (TPSA) is 63.7 Å². The molecule has 0 unspecified atom stereocenters. The van der Waals surface area contributed by atoms with Gasteiger partial charge in [0.1, 0.15) is 0 Å². The van der Waals surface area contributed by atoms with Crippen molar-refractivity contribution in [2.24, 2.45) is 0 Å². The van der Waals surface area contributed by atoms with Gasteiger partial charge in [0.25, 0.3) is 0 Å². The van der Waals surface area contributed by atoms with E-state index in [1.54, 1.807) is 31.3 Å². The molecule has 5 nitrogen and oxygen atoms in total. The van der Waals surface area contributed by atoms with E-state index in [4.69, 9.17) is 0 Å². The second-order valence-electron chi connectivity index (χ2n) is 5.69. The number of sulfonamides is 1. The zero-order valence-electron chi connectivity index (χ0n) is 14.0. The Kier molecular flexibility index (Phi) is 5.75. The van der Waals surface area contributed by atoms with Crippen molar-refractivity contribution in [2.45, 2.75) is 19.2 Å². The molecule has 0 saturated heterocycles. The summed E-state index contributed by atoms with van der Waals surface area (Å²) in [5, 5.41) is 0. The molecule has 2 aromatic carbocycles. The van der Waals surface area contributed by atoms with E-state index in [9.17, 15) is 13.2 Å². The Labute approximate surface area is 142 Å². The summed E-state index contributed by atoms with van der Waals surface area (Å²) in [5.74, 6) is -0.558. The predicted octanol–water partition coefficient (Wildman–Crippen LogP) is 2.74. The predicted molar refractivity (Wildman–Crippen MR) is 93.1 cm³/mol. The highest BCUT2D eigenvalue weighted by Gasteiger charge is 2.19. The smallest absolute Gasteiger partial charge is 0.337 e. The molecule has 2 rings (SSSR count). The quantitative estimate of drug-likeness (QED) is 0.754. The standard InChI is InChI=1S/C18H21NO4S/c1-14-4-6-15(7-5-14)12-19(2)24(21,22)13-16-8-10-17(11-9-16)18(20)23-3/h4-11H,12-13H2,1-3H3. The third kappa shape index (κ3) is 4.66. The molecular formula is C18H21NO4S. The number of ether oxygens (including phenoxy) is 1. The summed E-state index contributed by atoms with van der Waals surface area (Å²) < 4.78 is 30.9. The van der Waals surface area contributed by atoms with Gasteiger partial charge in [-0.25, -0.2) is 17.5 Å². The minimum atomic E-state index is -3.44. The largest absolute Gasteiger partial charge is 0.465 e. The van der Waals surface area contributed by atoms with Crippen LogP contribution >= 0.6 is 0 Å². The Morgan fingerprint density at radius 2 is 1.54 bits per heavy atom. The first-order valence-electron chi connectivity index (χ1n) is 7.48. The van der Waals surface area contributed by atoms with E-state index in [2.05, 4.69) is 4.74 Å². The van der Waals surface area contributed by atoms with Crippen molar-refractivity contribution in [1.29, 1.82) is 0 Å². The van der Waals surface area contributed by atoms with Crippen molar-refractivity contribution in [3.05, 3.63) is 70.8 Å². The van der Waals surface area contributed by atoms with Crippen LogP contribution in [-0.2, 0) is 27.1 Å². The molecule has 0 N–H and O–H groups in total. The number of hydrogen-bond acceptors (Lipinski definition) is 4. The van der Waals surface area contributed by atoms with Crippen LogP contribution in [0.15, 0.2) is 48.5 Å². The molecule has 0 bridgehead atoms. The first-order valence-corrected chi connectivity index (χ1v) is 9.09. The molecule has 0 heterocycles. The minimum Gasteiger partial charge on any atom is -0.465 e. The molecule has 24 heavy (non-hydrogen) atoms. The van der Waals surface area contributed by atoms with Gasteiger partial charge < -0.3 is 4.74 Å². The lowest BCUT2D eigenvalue weighted by molar-refractivity contribution is 0.0600. The summed E-state index contributed by atoms with van der Waals surface area (Å²) in [6.45, 7) is 2.31. The molecule has 0 aliphatic heterocycles. The molecule has 0 amide bonds. The Bertz CT molecular complexity index is 796. The number of benzene rings is 2. The summed E-state index contributed by atoms with van der Waals surface area (Å²) in [5.41, 5.74) is 3.09. The molecule has 0 saturated carbocycles.